The Morgan fingerprint density at radius 3 is 2.42 bits per heavy atom. The summed E-state index contributed by atoms with van der Waals surface area (Å²) < 4.78 is 0. The molecule has 1 aliphatic rings. The molecule has 0 N–H and O–H groups in total. The van der Waals surface area contributed by atoms with Gasteiger partial charge in [-0.05, 0) is 67.4 Å². The van der Waals surface area contributed by atoms with E-state index in [0.29, 0.717) is 5.41 Å². The Bertz CT molecular complexity index is 425. The molecule has 2 heteroatoms. The summed E-state index contributed by atoms with van der Waals surface area (Å²) >= 11 is 6.10. The number of benzene rings is 1. The number of hydrogen-bond donors (Lipinski definition) is 0. The number of piperidine rings is 1. The molecule has 0 aliphatic carbocycles. The highest BCUT2D eigenvalue weighted by molar-refractivity contribution is 6.30. The van der Waals surface area contributed by atoms with Gasteiger partial charge in [0.2, 0.25) is 0 Å². The fourth-order valence-electron chi connectivity index (χ4n) is 3.01. The Hall–Kier alpha value is -0.530. The van der Waals surface area contributed by atoms with E-state index in [1.807, 2.05) is 6.07 Å². The van der Waals surface area contributed by atoms with Crippen molar-refractivity contribution in [2.45, 2.75) is 47.1 Å². The molecule has 1 aromatic rings. The molecular formula is C17H26ClN. The van der Waals surface area contributed by atoms with Crippen LogP contribution in [0.15, 0.2) is 18.2 Å². The number of nitrogens with zero attached hydrogens (tertiary/aromatic N) is 1. The number of hydrogen-bond acceptors (Lipinski definition) is 1. The lowest BCUT2D eigenvalue weighted by molar-refractivity contribution is 0.108. The smallest absolute Gasteiger partial charge is 0.0409 e. The van der Waals surface area contributed by atoms with Crippen molar-refractivity contribution in [1.29, 1.82) is 0 Å². The van der Waals surface area contributed by atoms with Crippen molar-refractivity contribution in [1.82, 2.24) is 4.90 Å². The van der Waals surface area contributed by atoms with Gasteiger partial charge in [-0.3, -0.25) is 4.90 Å². The van der Waals surface area contributed by atoms with E-state index in [1.54, 1.807) is 0 Å². The highest BCUT2D eigenvalue weighted by Gasteiger charge is 2.28. The van der Waals surface area contributed by atoms with Gasteiger partial charge in [0.25, 0.3) is 0 Å². The lowest BCUT2D eigenvalue weighted by Gasteiger charge is -2.39. The number of likely N-dealkylation sites (tertiary alicyclic amines) is 1. The molecule has 1 aromatic carbocycles. The van der Waals surface area contributed by atoms with Gasteiger partial charge in [0.1, 0.15) is 0 Å². The minimum atomic E-state index is 0.456. The molecule has 1 aliphatic heterocycles. The molecule has 0 spiro atoms. The van der Waals surface area contributed by atoms with Gasteiger partial charge in [-0.1, -0.05) is 38.4 Å². The van der Waals surface area contributed by atoms with Crippen molar-refractivity contribution in [3.63, 3.8) is 0 Å². The molecule has 1 nitrogen and oxygen atoms in total. The third-order valence-corrected chi connectivity index (χ3v) is 4.75. The molecule has 106 valence electrons. The van der Waals surface area contributed by atoms with E-state index in [0.717, 1.165) is 17.5 Å². The van der Waals surface area contributed by atoms with E-state index >= 15 is 0 Å². The summed E-state index contributed by atoms with van der Waals surface area (Å²) in [7, 11) is 0. The molecule has 0 aromatic heterocycles. The van der Waals surface area contributed by atoms with Crippen molar-refractivity contribution >= 4 is 11.6 Å². The second kappa shape index (κ2) is 5.85. The SMILES string of the molecule is Cc1ccc(Cl)cc1CN1CCC(C(C)(C)C)CC1. The van der Waals surface area contributed by atoms with Crippen LogP contribution in [0.3, 0.4) is 0 Å². The van der Waals surface area contributed by atoms with Crippen LogP contribution < -0.4 is 0 Å². The lowest BCUT2D eigenvalue weighted by Crippen LogP contribution is -2.37. The van der Waals surface area contributed by atoms with Crippen LogP contribution in [0.4, 0.5) is 0 Å². The van der Waals surface area contributed by atoms with E-state index < -0.39 is 0 Å². The third-order valence-electron chi connectivity index (χ3n) is 4.52. The molecule has 2 rings (SSSR count). The van der Waals surface area contributed by atoms with Crippen LogP contribution >= 0.6 is 11.6 Å². The summed E-state index contributed by atoms with van der Waals surface area (Å²) in [5, 5.41) is 0.852. The van der Waals surface area contributed by atoms with Crippen molar-refractivity contribution in [2.24, 2.45) is 11.3 Å². The van der Waals surface area contributed by atoms with Crippen molar-refractivity contribution in [3.05, 3.63) is 34.3 Å². The second-order valence-corrected chi connectivity index (χ2v) is 7.42. The molecule has 0 radical (unpaired) electrons. The molecule has 0 bridgehead atoms. The highest BCUT2D eigenvalue weighted by atomic mass is 35.5. The monoisotopic (exact) mass is 279 g/mol. The maximum Gasteiger partial charge on any atom is 0.0409 e. The zero-order valence-electron chi connectivity index (χ0n) is 12.7. The van der Waals surface area contributed by atoms with Crippen LogP contribution in [-0.4, -0.2) is 18.0 Å². The van der Waals surface area contributed by atoms with Crippen molar-refractivity contribution < 1.29 is 0 Å². The van der Waals surface area contributed by atoms with Crippen LogP contribution in [-0.2, 0) is 6.54 Å². The molecule has 0 saturated carbocycles. The van der Waals surface area contributed by atoms with Gasteiger partial charge in [-0.2, -0.15) is 0 Å². The Balaban J connectivity index is 1.94. The van der Waals surface area contributed by atoms with Gasteiger partial charge in [0.05, 0.1) is 0 Å². The third kappa shape index (κ3) is 3.97. The maximum atomic E-state index is 6.10. The minimum Gasteiger partial charge on any atom is -0.299 e. The van der Waals surface area contributed by atoms with Crippen molar-refractivity contribution in [3.8, 4) is 0 Å². The van der Waals surface area contributed by atoms with Gasteiger partial charge < -0.3 is 0 Å². The molecule has 1 saturated heterocycles. The van der Waals surface area contributed by atoms with Crippen LogP contribution in [0.25, 0.3) is 0 Å². The van der Waals surface area contributed by atoms with E-state index in [2.05, 4.69) is 44.7 Å². The van der Waals surface area contributed by atoms with Gasteiger partial charge >= 0.3 is 0 Å². The molecular weight excluding hydrogens is 254 g/mol. The van der Waals surface area contributed by atoms with Crippen molar-refractivity contribution in [2.75, 3.05) is 13.1 Å². The van der Waals surface area contributed by atoms with Crippen LogP contribution in [0.2, 0.25) is 5.02 Å². The van der Waals surface area contributed by atoms with Gasteiger partial charge in [0, 0.05) is 11.6 Å². The first-order chi connectivity index (χ1) is 8.86. The predicted molar refractivity (Wildman–Crippen MR) is 83.6 cm³/mol. The summed E-state index contributed by atoms with van der Waals surface area (Å²) in [4.78, 5) is 2.57. The quantitative estimate of drug-likeness (QED) is 0.744. The first-order valence-corrected chi connectivity index (χ1v) is 7.71. The Kier molecular flexibility index (Phi) is 4.58. The zero-order chi connectivity index (χ0) is 14.0. The average molecular weight is 280 g/mol. The summed E-state index contributed by atoms with van der Waals surface area (Å²) in [6, 6.07) is 6.22. The van der Waals surface area contributed by atoms with Gasteiger partial charge in [0.15, 0.2) is 0 Å². The van der Waals surface area contributed by atoms with Gasteiger partial charge in [-0.25, -0.2) is 0 Å². The molecule has 0 unspecified atom stereocenters. The van der Waals surface area contributed by atoms with Crippen LogP contribution in [0.5, 0.6) is 0 Å². The molecule has 1 heterocycles. The first-order valence-electron chi connectivity index (χ1n) is 7.33. The Labute approximate surface area is 123 Å². The average Bonchev–Trinajstić information content (AvgIpc) is 2.33. The second-order valence-electron chi connectivity index (χ2n) is 6.99. The topological polar surface area (TPSA) is 3.24 Å². The highest BCUT2D eigenvalue weighted by Crippen LogP contribution is 2.34. The van der Waals surface area contributed by atoms with Crippen LogP contribution in [0, 0.1) is 18.3 Å². The number of rotatable bonds is 2. The summed E-state index contributed by atoms with van der Waals surface area (Å²) in [5.41, 5.74) is 3.18. The fraction of sp³-hybridized carbons (Fsp3) is 0.647. The fourth-order valence-corrected chi connectivity index (χ4v) is 3.20. The minimum absolute atomic E-state index is 0.456. The molecule has 0 atom stereocenters. The molecule has 1 fully saturated rings. The number of aryl methyl sites for hydroxylation is 1. The Morgan fingerprint density at radius 2 is 1.84 bits per heavy atom. The normalized spacial score (nSPS) is 18.8. The standard InChI is InChI=1S/C17H26ClN/c1-13-5-6-16(18)11-14(13)12-19-9-7-15(8-10-19)17(2,3)4/h5-6,11,15H,7-10,12H2,1-4H3. The van der Waals surface area contributed by atoms with E-state index in [9.17, 15) is 0 Å². The largest absolute Gasteiger partial charge is 0.299 e. The summed E-state index contributed by atoms with van der Waals surface area (Å²) in [5.74, 6) is 0.865. The summed E-state index contributed by atoms with van der Waals surface area (Å²) in [6.07, 6.45) is 2.65. The maximum absolute atomic E-state index is 6.10. The van der Waals surface area contributed by atoms with E-state index in [-0.39, 0.29) is 0 Å². The number of halogens is 1. The van der Waals surface area contributed by atoms with E-state index in [4.69, 9.17) is 11.6 Å². The first kappa shape index (κ1) is 14.9. The predicted octanol–water partition coefficient (Wildman–Crippen LogP) is 4.91. The van der Waals surface area contributed by atoms with Crippen LogP contribution in [0.1, 0.15) is 44.7 Å². The Morgan fingerprint density at radius 1 is 1.21 bits per heavy atom. The van der Waals surface area contributed by atoms with E-state index in [1.165, 1.54) is 37.1 Å². The molecule has 19 heavy (non-hydrogen) atoms. The van der Waals surface area contributed by atoms with Gasteiger partial charge in [-0.15, -0.1) is 0 Å². The summed E-state index contributed by atoms with van der Waals surface area (Å²) in [6.45, 7) is 12.8. The lowest BCUT2D eigenvalue weighted by atomic mass is 9.75. The molecule has 0 amide bonds. The zero-order valence-corrected chi connectivity index (χ0v) is 13.4.